The summed E-state index contributed by atoms with van der Waals surface area (Å²) in [5.74, 6) is -0.354. The molecule has 0 saturated heterocycles. The Labute approximate surface area is 216 Å². The zero-order chi connectivity index (χ0) is 25.4. The second-order valence-corrected chi connectivity index (χ2v) is 9.33. The molecule has 0 spiro atoms. The lowest BCUT2D eigenvalue weighted by atomic mass is 10.1. The Bertz CT molecular complexity index is 1070. The average Bonchev–Trinajstić information content (AvgIpc) is 3.31. The molecule has 0 saturated carbocycles. The molecular weight excluding hydrogens is 486 g/mol. The Morgan fingerprint density at radius 3 is 2.09 bits per heavy atom. The van der Waals surface area contributed by atoms with Gasteiger partial charge in [-0.1, -0.05) is 41.1 Å². The molecule has 0 amide bonds. The van der Waals surface area contributed by atoms with Gasteiger partial charge in [-0.3, -0.25) is 0 Å². The van der Waals surface area contributed by atoms with E-state index in [4.69, 9.17) is 30.5 Å². The summed E-state index contributed by atoms with van der Waals surface area (Å²) < 4.78 is 23.5. The molecule has 0 N–H and O–H groups in total. The van der Waals surface area contributed by atoms with Gasteiger partial charge in [-0.15, -0.1) is 10.2 Å². The van der Waals surface area contributed by atoms with Crippen LogP contribution in [-0.4, -0.2) is 49.6 Å². The van der Waals surface area contributed by atoms with Crippen LogP contribution in [0.15, 0.2) is 36.4 Å². The second-order valence-electron chi connectivity index (χ2n) is 7.96. The Hall–Kier alpha value is -2.23. The van der Waals surface area contributed by atoms with E-state index in [-0.39, 0.29) is 0 Å². The topological polar surface area (TPSA) is 65.9 Å². The maximum absolute atomic E-state index is 6.51. The van der Waals surface area contributed by atoms with Crippen molar-refractivity contribution in [2.45, 2.75) is 47.1 Å². The van der Waals surface area contributed by atoms with Crippen molar-refractivity contribution in [1.29, 1.82) is 0 Å². The highest BCUT2D eigenvalue weighted by atomic mass is 35.5. The van der Waals surface area contributed by atoms with E-state index in [0.29, 0.717) is 37.9 Å². The quantitative estimate of drug-likeness (QED) is 0.247. The van der Waals surface area contributed by atoms with Crippen molar-refractivity contribution in [3.8, 4) is 16.3 Å². The zero-order valence-corrected chi connectivity index (χ0v) is 22.8. The predicted molar refractivity (Wildman–Crippen MR) is 141 cm³/mol. The maximum atomic E-state index is 6.51. The molecule has 0 bridgehead atoms. The van der Waals surface area contributed by atoms with Crippen LogP contribution in [0.25, 0.3) is 10.6 Å². The first kappa shape index (κ1) is 27.4. The number of ether oxygens (including phenoxy) is 4. The molecule has 35 heavy (non-hydrogen) atoms. The molecular formula is C26H34ClN3O4S. The third-order valence-corrected chi connectivity index (χ3v) is 6.79. The van der Waals surface area contributed by atoms with Gasteiger partial charge in [-0.2, -0.15) is 0 Å². The number of halogens is 1. The van der Waals surface area contributed by atoms with E-state index in [1.807, 2.05) is 63.8 Å². The first-order valence-electron chi connectivity index (χ1n) is 11.8. The molecule has 0 fully saturated rings. The van der Waals surface area contributed by atoms with Crippen molar-refractivity contribution < 1.29 is 18.9 Å². The lowest BCUT2D eigenvalue weighted by Gasteiger charge is -2.36. The number of aromatic nitrogens is 2. The summed E-state index contributed by atoms with van der Waals surface area (Å²) in [5, 5.41) is 11.3. The average molecular weight is 520 g/mol. The third kappa shape index (κ3) is 6.71. The number of benzene rings is 2. The summed E-state index contributed by atoms with van der Waals surface area (Å²) in [6, 6.07) is 11.9. The molecule has 0 aliphatic rings. The summed E-state index contributed by atoms with van der Waals surface area (Å²) in [6.45, 7) is 11.9. The van der Waals surface area contributed by atoms with Crippen LogP contribution < -0.4 is 9.64 Å². The minimum absolute atomic E-state index is 0.295. The van der Waals surface area contributed by atoms with Crippen LogP contribution in [0.1, 0.15) is 37.5 Å². The summed E-state index contributed by atoms with van der Waals surface area (Å²) >= 11 is 8.01. The Balaban J connectivity index is 2.01. The van der Waals surface area contributed by atoms with E-state index in [9.17, 15) is 0 Å². The van der Waals surface area contributed by atoms with Gasteiger partial charge >= 0.3 is 5.97 Å². The molecule has 3 rings (SSSR count). The maximum Gasteiger partial charge on any atom is 0.301 e. The highest BCUT2D eigenvalue weighted by Crippen LogP contribution is 2.35. The number of hydrogen-bond acceptors (Lipinski definition) is 8. The van der Waals surface area contributed by atoms with Crippen molar-refractivity contribution in [2.24, 2.45) is 0 Å². The first-order valence-corrected chi connectivity index (χ1v) is 12.9. The fraction of sp³-hybridized carbons (Fsp3) is 0.462. The molecule has 1 aromatic heterocycles. The number of nitrogens with zero attached hydrogens (tertiary/aromatic N) is 3. The highest BCUT2D eigenvalue weighted by molar-refractivity contribution is 7.18. The van der Waals surface area contributed by atoms with Crippen LogP contribution in [0, 0.1) is 13.8 Å². The molecule has 190 valence electrons. The summed E-state index contributed by atoms with van der Waals surface area (Å²) in [4.78, 5) is 2.05. The van der Waals surface area contributed by atoms with Crippen LogP contribution >= 0.6 is 22.9 Å². The Kier molecular flexibility index (Phi) is 9.89. The van der Waals surface area contributed by atoms with Crippen molar-refractivity contribution in [3.05, 3.63) is 58.1 Å². The zero-order valence-electron chi connectivity index (χ0n) is 21.3. The molecule has 0 aliphatic carbocycles. The summed E-state index contributed by atoms with van der Waals surface area (Å²) in [5.41, 5.74) is 4.05. The van der Waals surface area contributed by atoms with Gasteiger partial charge in [0.1, 0.15) is 17.3 Å². The monoisotopic (exact) mass is 519 g/mol. The lowest BCUT2D eigenvalue weighted by molar-refractivity contribution is -0.370. The molecule has 7 nitrogen and oxygen atoms in total. The van der Waals surface area contributed by atoms with Gasteiger partial charge in [0.05, 0.1) is 7.11 Å². The van der Waals surface area contributed by atoms with Crippen LogP contribution in [-0.2, 0) is 20.8 Å². The van der Waals surface area contributed by atoms with Gasteiger partial charge < -0.3 is 23.8 Å². The van der Waals surface area contributed by atoms with Crippen molar-refractivity contribution in [2.75, 3.05) is 38.4 Å². The van der Waals surface area contributed by atoms with Crippen LogP contribution in [0.4, 0.5) is 5.13 Å². The molecule has 0 unspecified atom stereocenters. The van der Waals surface area contributed by atoms with E-state index in [0.717, 1.165) is 38.1 Å². The minimum Gasteiger partial charge on any atom is -0.496 e. The minimum atomic E-state index is -1.24. The number of anilines is 1. The van der Waals surface area contributed by atoms with Crippen molar-refractivity contribution in [1.82, 2.24) is 10.2 Å². The molecule has 2 aromatic carbocycles. The molecule has 9 heteroatoms. The number of rotatable bonds is 13. The van der Waals surface area contributed by atoms with E-state index in [1.54, 1.807) is 7.11 Å². The summed E-state index contributed by atoms with van der Waals surface area (Å²) in [7, 11) is 1.69. The van der Waals surface area contributed by atoms with Crippen LogP contribution in [0.3, 0.4) is 0 Å². The number of hydrogen-bond donors (Lipinski definition) is 0. The SMILES string of the molecule is CCOC(CN(Cc1ccccc1Cl)c1nnc(-c2cc(C)c(OC)c(C)c2)s1)(OCC)OCC. The van der Waals surface area contributed by atoms with Crippen molar-refractivity contribution in [3.63, 3.8) is 0 Å². The Morgan fingerprint density at radius 1 is 0.943 bits per heavy atom. The third-order valence-electron chi connectivity index (χ3n) is 5.39. The standard InChI is InChI=1S/C26H34ClN3O4S/c1-7-32-26(33-8-2,34-9-3)17-30(16-20-12-10-11-13-22(20)27)25-29-28-24(35-25)21-14-18(4)23(31-6)19(5)15-21/h10-15H,7-9,16-17H2,1-6H3. The molecule has 1 heterocycles. The number of aryl methyl sites for hydroxylation is 2. The largest absolute Gasteiger partial charge is 0.496 e. The van der Waals surface area contributed by atoms with E-state index in [2.05, 4.69) is 22.3 Å². The van der Waals surface area contributed by atoms with Gasteiger partial charge in [0, 0.05) is 37.0 Å². The van der Waals surface area contributed by atoms with Crippen LogP contribution in [0.5, 0.6) is 5.75 Å². The summed E-state index contributed by atoms with van der Waals surface area (Å²) in [6.07, 6.45) is 0. The van der Waals surface area contributed by atoms with Gasteiger partial charge in [0.25, 0.3) is 0 Å². The van der Waals surface area contributed by atoms with E-state index >= 15 is 0 Å². The molecule has 0 aliphatic heterocycles. The fourth-order valence-electron chi connectivity index (χ4n) is 4.03. The second kappa shape index (κ2) is 12.6. The predicted octanol–water partition coefficient (Wildman–Crippen LogP) is 6.25. The van der Waals surface area contributed by atoms with Gasteiger partial charge in [-0.25, -0.2) is 0 Å². The molecule has 0 atom stereocenters. The van der Waals surface area contributed by atoms with E-state index in [1.165, 1.54) is 11.3 Å². The molecule has 0 radical (unpaired) electrons. The smallest absolute Gasteiger partial charge is 0.301 e. The van der Waals surface area contributed by atoms with Crippen molar-refractivity contribution >= 4 is 28.1 Å². The normalized spacial score (nSPS) is 11.6. The Morgan fingerprint density at radius 2 is 1.54 bits per heavy atom. The molecule has 3 aromatic rings. The number of methoxy groups -OCH3 is 1. The van der Waals surface area contributed by atoms with Gasteiger partial charge in [0.15, 0.2) is 0 Å². The first-order chi connectivity index (χ1) is 16.9. The van der Waals surface area contributed by atoms with Gasteiger partial charge in [-0.05, 0) is 69.5 Å². The van der Waals surface area contributed by atoms with E-state index < -0.39 is 5.97 Å². The lowest BCUT2D eigenvalue weighted by Crippen LogP contribution is -2.49. The van der Waals surface area contributed by atoms with Gasteiger partial charge in [0.2, 0.25) is 5.13 Å². The van der Waals surface area contributed by atoms with Crippen LogP contribution in [0.2, 0.25) is 5.02 Å². The fourth-order valence-corrected chi connectivity index (χ4v) is 5.06. The highest BCUT2D eigenvalue weighted by Gasteiger charge is 2.36.